The molecule has 114 valence electrons. The molecule has 0 aliphatic carbocycles. The number of hydrogen-bond acceptors (Lipinski definition) is 6. The van der Waals surface area contributed by atoms with Crippen LogP contribution in [0.4, 0.5) is 0 Å². The second kappa shape index (κ2) is 7.49. The number of carbonyl (C=O) groups is 3. The van der Waals surface area contributed by atoms with Crippen molar-refractivity contribution in [3.8, 4) is 5.75 Å². The summed E-state index contributed by atoms with van der Waals surface area (Å²) >= 11 is 5.68. The molecule has 1 rings (SSSR count). The van der Waals surface area contributed by atoms with Crippen LogP contribution >= 0.6 is 11.6 Å². The van der Waals surface area contributed by atoms with Gasteiger partial charge in [0.15, 0.2) is 0 Å². The third-order valence-corrected chi connectivity index (χ3v) is 2.81. The minimum Gasteiger partial charge on any atom is -0.507 e. The van der Waals surface area contributed by atoms with Crippen molar-refractivity contribution in [2.75, 3.05) is 27.3 Å². The van der Waals surface area contributed by atoms with E-state index in [0.717, 1.165) is 19.1 Å². The van der Waals surface area contributed by atoms with E-state index < -0.39 is 30.9 Å². The van der Waals surface area contributed by atoms with Crippen molar-refractivity contribution in [3.63, 3.8) is 0 Å². The second-order valence-corrected chi connectivity index (χ2v) is 4.41. The van der Waals surface area contributed by atoms with E-state index in [0.29, 0.717) is 0 Å². The molecule has 0 aliphatic rings. The lowest BCUT2D eigenvalue weighted by atomic mass is 10.1. The maximum Gasteiger partial charge on any atom is 0.325 e. The number of phenolic OH excluding ortho intramolecular Hbond substituents is 1. The van der Waals surface area contributed by atoms with Gasteiger partial charge < -0.3 is 19.5 Å². The Balaban J connectivity index is 3.02. The SMILES string of the molecule is COC(=O)CN(CC(=O)OC)C(=O)c1ccc(Cl)cc1O. The Labute approximate surface area is 126 Å². The van der Waals surface area contributed by atoms with Crippen molar-refractivity contribution < 1.29 is 29.0 Å². The zero-order valence-corrected chi connectivity index (χ0v) is 12.2. The number of methoxy groups -OCH3 is 2. The Morgan fingerprint density at radius 3 is 2.10 bits per heavy atom. The van der Waals surface area contributed by atoms with E-state index in [2.05, 4.69) is 9.47 Å². The average molecular weight is 316 g/mol. The Bertz CT molecular complexity index is 542. The van der Waals surface area contributed by atoms with Crippen LogP contribution in [-0.2, 0) is 19.1 Å². The fraction of sp³-hybridized carbons (Fsp3) is 0.308. The second-order valence-electron chi connectivity index (χ2n) is 3.97. The number of amides is 1. The minimum absolute atomic E-state index is 0.0905. The molecule has 0 saturated carbocycles. The van der Waals surface area contributed by atoms with Crippen molar-refractivity contribution in [2.24, 2.45) is 0 Å². The summed E-state index contributed by atoms with van der Waals surface area (Å²) in [5.74, 6) is -2.49. The van der Waals surface area contributed by atoms with Crippen molar-refractivity contribution in [3.05, 3.63) is 28.8 Å². The molecule has 8 heteroatoms. The number of hydrogen-bond donors (Lipinski definition) is 1. The highest BCUT2D eigenvalue weighted by atomic mass is 35.5. The van der Waals surface area contributed by atoms with Gasteiger partial charge in [0.25, 0.3) is 5.91 Å². The van der Waals surface area contributed by atoms with Gasteiger partial charge in [-0.15, -0.1) is 0 Å². The molecule has 0 saturated heterocycles. The van der Waals surface area contributed by atoms with Crippen LogP contribution in [0.1, 0.15) is 10.4 Å². The number of phenols is 1. The quantitative estimate of drug-likeness (QED) is 0.809. The van der Waals surface area contributed by atoms with E-state index in [9.17, 15) is 19.5 Å². The standard InChI is InChI=1S/C13H14ClNO6/c1-20-11(17)6-15(7-12(18)21-2)13(19)9-4-3-8(14)5-10(9)16/h3-5,16H,6-7H2,1-2H3. The van der Waals surface area contributed by atoms with E-state index in [-0.39, 0.29) is 16.3 Å². The van der Waals surface area contributed by atoms with Crippen LogP contribution in [0.15, 0.2) is 18.2 Å². The first-order chi connectivity index (χ1) is 9.88. The summed E-state index contributed by atoms with van der Waals surface area (Å²) in [5, 5.41) is 9.98. The molecule has 0 aromatic heterocycles. The molecule has 0 fully saturated rings. The zero-order valence-electron chi connectivity index (χ0n) is 11.5. The van der Waals surface area contributed by atoms with Gasteiger partial charge in [-0.25, -0.2) is 0 Å². The van der Waals surface area contributed by atoms with Crippen molar-refractivity contribution in [2.45, 2.75) is 0 Å². The molecule has 0 atom stereocenters. The number of aromatic hydroxyl groups is 1. The van der Waals surface area contributed by atoms with Crippen molar-refractivity contribution in [1.29, 1.82) is 0 Å². The van der Waals surface area contributed by atoms with E-state index >= 15 is 0 Å². The molecule has 1 amide bonds. The summed E-state index contributed by atoms with van der Waals surface area (Å²) in [6.07, 6.45) is 0. The lowest BCUT2D eigenvalue weighted by molar-refractivity contribution is -0.144. The van der Waals surface area contributed by atoms with Gasteiger partial charge in [0.1, 0.15) is 18.8 Å². The highest BCUT2D eigenvalue weighted by Crippen LogP contribution is 2.23. The monoisotopic (exact) mass is 315 g/mol. The molecule has 0 bridgehead atoms. The highest BCUT2D eigenvalue weighted by Gasteiger charge is 2.24. The van der Waals surface area contributed by atoms with Gasteiger partial charge >= 0.3 is 11.9 Å². The molecule has 1 aromatic rings. The van der Waals surface area contributed by atoms with E-state index in [4.69, 9.17) is 11.6 Å². The molecule has 0 aliphatic heterocycles. The Morgan fingerprint density at radius 1 is 1.14 bits per heavy atom. The highest BCUT2D eigenvalue weighted by molar-refractivity contribution is 6.30. The maximum atomic E-state index is 12.3. The molecule has 1 N–H and O–H groups in total. The van der Waals surface area contributed by atoms with Gasteiger partial charge in [0, 0.05) is 5.02 Å². The minimum atomic E-state index is -0.722. The smallest absolute Gasteiger partial charge is 0.325 e. The first kappa shape index (κ1) is 16.8. The number of ether oxygens (including phenoxy) is 2. The number of esters is 2. The fourth-order valence-corrected chi connectivity index (χ4v) is 1.66. The van der Waals surface area contributed by atoms with Crippen LogP contribution in [0.25, 0.3) is 0 Å². The molecule has 0 radical (unpaired) electrons. The van der Waals surface area contributed by atoms with Crippen LogP contribution < -0.4 is 0 Å². The van der Waals surface area contributed by atoms with Gasteiger partial charge in [0.2, 0.25) is 0 Å². The molecule has 0 spiro atoms. The van der Waals surface area contributed by atoms with Crippen LogP contribution in [0.5, 0.6) is 5.75 Å². The summed E-state index contributed by atoms with van der Waals surface area (Å²) in [6.45, 7) is -0.904. The lowest BCUT2D eigenvalue weighted by Gasteiger charge is -2.20. The predicted molar refractivity (Wildman–Crippen MR) is 73.1 cm³/mol. The Hall–Kier alpha value is -2.28. The molecule has 21 heavy (non-hydrogen) atoms. The van der Waals surface area contributed by atoms with E-state index in [1.807, 2.05) is 0 Å². The summed E-state index contributed by atoms with van der Waals surface area (Å²) in [6, 6.07) is 3.88. The van der Waals surface area contributed by atoms with Gasteiger partial charge in [-0.2, -0.15) is 0 Å². The van der Waals surface area contributed by atoms with Gasteiger partial charge in [-0.3, -0.25) is 14.4 Å². The zero-order chi connectivity index (χ0) is 16.0. The Kier molecular flexibility index (Phi) is 5.98. The number of benzene rings is 1. The normalized spacial score (nSPS) is 9.86. The van der Waals surface area contributed by atoms with Gasteiger partial charge in [-0.1, -0.05) is 11.6 Å². The van der Waals surface area contributed by atoms with Crippen LogP contribution in [0.2, 0.25) is 5.02 Å². The van der Waals surface area contributed by atoms with Gasteiger partial charge in [-0.05, 0) is 18.2 Å². The summed E-state index contributed by atoms with van der Waals surface area (Å²) in [4.78, 5) is 35.8. The topological polar surface area (TPSA) is 93.1 Å². The third kappa shape index (κ3) is 4.64. The van der Waals surface area contributed by atoms with Crippen molar-refractivity contribution >= 4 is 29.4 Å². The maximum absolute atomic E-state index is 12.3. The van der Waals surface area contributed by atoms with Crippen LogP contribution in [0, 0.1) is 0 Å². The predicted octanol–water partition coefficient (Wildman–Crippen LogP) is 0.834. The molecule has 1 aromatic carbocycles. The Morgan fingerprint density at radius 2 is 1.67 bits per heavy atom. The van der Waals surface area contributed by atoms with E-state index in [1.54, 1.807) is 0 Å². The number of halogens is 1. The third-order valence-electron chi connectivity index (χ3n) is 2.57. The fourth-order valence-electron chi connectivity index (χ4n) is 1.50. The average Bonchev–Trinajstić information content (AvgIpc) is 2.45. The molecular weight excluding hydrogens is 302 g/mol. The van der Waals surface area contributed by atoms with Crippen LogP contribution in [0.3, 0.4) is 0 Å². The molecule has 7 nitrogen and oxygen atoms in total. The van der Waals surface area contributed by atoms with Crippen LogP contribution in [-0.4, -0.2) is 55.2 Å². The van der Waals surface area contributed by atoms with Gasteiger partial charge in [0.05, 0.1) is 19.8 Å². The molecular formula is C13H14ClNO6. The summed E-state index contributed by atoms with van der Waals surface area (Å²) < 4.78 is 8.93. The molecule has 0 heterocycles. The number of nitrogens with zero attached hydrogens (tertiary/aromatic N) is 1. The molecule has 0 unspecified atom stereocenters. The van der Waals surface area contributed by atoms with E-state index in [1.165, 1.54) is 18.2 Å². The first-order valence-corrected chi connectivity index (χ1v) is 6.18. The first-order valence-electron chi connectivity index (χ1n) is 5.80. The van der Waals surface area contributed by atoms with Crippen molar-refractivity contribution in [1.82, 2.24) is 4.90 Å². The largest absolute Gasteiger partial charge is 0.507 e. The number of rotatable bonds is 5. The lowest BCUT2D eigenvalue weighted by Crippen LogP contribution is -2.40. The summed E-state index contributed by atoms with van der Waals surface area (Å²) in [5.41, 5.74) is -0.0905. The summed E-state index contributed by atoms with van der Waals surface area (Å²) in [7, 11) is 2.31. The number of carbonyl (C=O) groups excluding carboxylic acids is 3.